The monoisotopic (exact) mass is 409 g/mol. The summed E-state index contributed by atoms with van der Waals surface area (Å²) >= 11 is 0. The van der Waals surface area contributed by atoms with Crippen molar-refractivity contribution in [2.45, 2.75) is 19.9 Å². The molecule has 7 heteroatoms. The normalized spacial score (nSPS) is 14.3. The summed E-state index contributed by atoms with van der Waals surface area (Å²) in [4.78, 5) is 18.4. The molecule has 0 aliphatic carbocycles. The van der Waals surface area contributed by atoms with Gasteiger partial charge < -0.3 is 25.6 Å². The number of benzene rings is 2. The fraction of sp³-hybridized carbons (Fsp3) is 0.391. The standard InChI is InChI=1S/C23H31N5O2/c1-3-24-23(26-13-12-19-6-4-5-7-21(19)30-2)27-16-18-8-10-20(11-9-18)28-15-14-25-22(29)17-28/h4-11H,3,12-17H2,1-2H3,(H,25,29)(H2,24,26,27). The topological polar surface area (TPSA) is 78.0 Å². The first-order valence-electron chi connectivity index (χ1n) is 10.4. The molecule has 1 heterocycles. The quantitative estimate of drug-likeness (QED) is 0.459. The van der Waals surface area contributed by atoms with Crippen LogP contribution in [0.15, 0.2) is 53.5 Å². The number of ether oxygens (including phenoxy) is 1. The van der Waals surface area contributed by atoms with Gasteiger partial charge in [-0.15, -0.1) is 0 Å². The van der Waals surface area contributed by atoms with Crippen LogP contribution in [0.3, 0.4) is 0 Å². The second kappa shape index (κ2) is 11.1. The lowest BCUT2D eigenvalue weighted by atomic mass is 10.1. The molecule has 7 nitrogen and oxygen atoms in total. The van der Waals surface area contributed by atoms with Gasteiger partial charge >= 0.3 is 0 Å². The Labute approximate surface area is 178 Å². The van der Waals surface area contributed by atoms with Crippen LogP contribution in [-0.4, -0.2) is 51.7 Å². The van der Waals surface area contributed by atoms with Crippen LogP contribution in [0, 0.1) is 0 Å². The van der Waals surface area contributed by atoms with E-state index in [-0.39, 0.29) is 5.91 Å². The van der Waals surface area contributed by atoms with Crippen LogP contribution in [0.2, 0.25) is 0 Å². The number of carbonyl (C=O) groups is 1. The van der Waals surface area contributed by atoms with E-state index in [1.54, 1.807) is 7.11 Å². The molecule has 3 N–H and O–H groups in total. The number of nitrogens with zero attached hydrogens (tertiary/aromatic N) is 2. The average Bonchev–Trinajstić information content (AvgIpc) is 2.78. The molecule has 1 amide bonds. The molecule has 0 spiro atoms. The number of anilines is 1. The van der Waals surface area contributed by atoms with E-state index in [2.05, 4.69) is 58.1 Å². The van der Waals surface area contributed by atoms with Crippen molar-refractivity contribution in [3.63, 3.8) is 0 Å². The lowest BCUT2D eigenvalue weighted by Crippen LogP contribution is -2.47. The molecule has 2 aromatic rings. The van der Waals surface area contributed by atoms with Crippen LogP contribution in [0.1, 0.15) is 18.1 Å². The van der Waals surface area contributed by atoms with Gasteiger partial charge in [0.15, 0.2) is 5.96 Å². The molecule has 0 unspecified atom stereocenters. The van der Waals surface area contributed by atoms with E-state index in [0.29, 0.717) is 19.6 Å². The van der Waals surface area contributed by atoms with Crippen molar-refractivity contribution < 1.29 is 9.53 Å². The summed E-state index contributed by atoms with van der Waals surface area (Å²) in [5.74, 6) is 1.78. The van der Waals surface area contributed by atoms with Crippen LogP contribution >= 0.6 is 0 Å². The maximum atomic E-state index is 11.6. The zero-order chi connectivity index (χ0) is 21.2. The third-order valence-corrected chi connectivity index (χ3v) is 4.98. The van der Waals surface area contributed by atoms with Gasteiger partial charge in [0, 0.05) is 31.9 Å². The lowest BCUT2D eigenvalue weighted by molar-refractivity contribution is -0.120. The van der Waals surface area contributed by atoms with Crippen LogP contribution < -0.4 is 25.6 Å². The van der Waals surface area contributed by atoms with Gasteiger partial charge in [-0.25, -0.2) is 4.99 Å². The third kappa shape index (κ3) is 6.14. The van der Waals surface area contributed by atoms with Gasteiger partial charge in [0.25, 0.3) is 0 Å². The molecule has 0 saturated carbocycles. The first-order chi connectivity index (χ1) is 14.7. The first-order valence-corrected chi connectivity index (χ1v) is 10.4. The third-order valence-electron chi connectivity index (χ3n) is 4.98. The Hall–Kier alpha value is -3.22. The van der Waals surface area contributed by atoms with Crippen LogP contribution in [0.5, 0.6) is 5.75 Å². The second-order valence-electron chi connectivity index (χ2n) is 7.12. The molecular formula is C23H31N5O2. The number of aliphatic imine (C=N–C) groups is 1. The Morgan fingerprint density at radius 3 is 2.70 bits per heavy atom. The Morgan fingerprint density at radius 2 is 1.97 bits per heavy atom. The lowest BCUT2D eigenvalue weighted by Gasteiger charge is -2.28. The van der Waals surface area contributed by atoms with Crippen molar-refractivity contribution in [2.24, 2.45) is 4.99 Å². The Morgan fingerprint density at radius 1 is 1.17 bits per heavy atom. The smallest absolute Gasteiger partial charge is 0.239 e. The number of nitrogens with one attached hydrogen (secondary N) is 3. The number of rotatable bonds is 8. The minimum atomic E-state index is 0.0735. The fourth-order valence-electron chi connectivity index (χ4n) is 3.41. The van der Waals surface area contributed by atoms with Gasteiger partial charge in [0.05, 0.1) is 20.2 Å². The van der Waals surface area contributed by atoms with Gasteiger partial charge in [-0.2, -0.15) is 0 Å². The maximum Gasteiger partial charge on any atom is 0.239 e. The second-order valence-corrected chi connectivity index (χ2v) is 7.12. The highest BCUT2D eigenvalue weighted by atomic mass is 16.5. The molecule has 0 atom stereocenters. The zero-order valence-corrected chi connectivity index (χ0v) is 17.8. The van der Waals surface area contributed by atoms with Crippen LogP contribution in [-0.2, 0) is 17.8 Å². The van der Waals surface area contributed by atoms with E-state index in [9.17, 15) is 4.79 Å². The minimum Gasteiger partial charge on any atom is -0.496 e. The van der Waals surface area contributed by atoms with E-state index in [1.807, 2.05) is 18.2 Å². The van der Waals surface area contributed by atoms with Crippen molar-refractivity contribution >= 4 is 17.6 Å². The maximum absolute atomic E-state index is 11.6. The highest BCUT2D eigenvalue weighted by Crippen LogP contribution is 2.18. The van der Waals surface area contributed by atoms with Gasteiger partial charge in [-0.3, -0.25) is 4.79 Å². The summed E-state index contributed by atoms with van der Waals surface area (Å²) < 4.78 is 5.42. The van der Waals surface area contributed by atoms with E-state index in [0.717, 1.165) is 49.0 Å². The number of amides is 1. The highest BCUT2D eigenvalue weighted by molar-refractivity contribution is 5.82. The molecule has 0 aromatic heterocycles. The van der Waals surface area contributed by atoms with E-state index < -0.39 is 0 Å². The van der Waals surface area contributed by atoms with E-state index in [4.69, 9.17) is 9.73 Å². The van der Waals surface area contributed by atoms with Crippen molar-refractivity contribution in [2.75, 3.05) is 44.7 Å². The van der Waals surface area contributed by atoms with Gasteiger partial charge in [-0.1, -0.05) is 30.3 Å². The predicted octanol–water partition coefficient (Wildman–Crippen LogP) is 1.93. The Bertz CT molecular complexity index is 851. The van der Waals surface area contributed by atoms with Crippen LogP contribution in [0.4, 0.5) is 5.69 Å². The average molecular weight is 410 g/mol. The fourth-order valence-corrected chi connectivity index (χ4v) is 3.41. The van der Waals surface area contributed by atoms with Crippen molar-refractivity contribution in [1.29, 1.82) is 0 Å². The summed E-state index contributed by atoms with van der Waals surface area (Å²) in [6, 6.07) is 16.3. The van der Waals surface area contributed by atoms with E-state index >= 15 is 0 Å². The summed E-state index contributed by atoms with van der Waals surface area (Å²) in [7, 11) is 1.70. The van der Waals surface area contributed by atoms with Gasteiger partial charge in [0.1, 0.15) is 5.75 Å². The number of guanidine groups is 1. The molecule has 1 aliphatic heterocycles. The molecule has 1 saturated heterocycles. The predicted molar refractivity (Wildman–Crippen MR) is 121 cm³/mol. The number of methoxy groups -OCH3 is 1. The highest BCUT2D eigenvalue weighted by Gasteiger charge is 2.16. The number of hydrogen-bond acceptors (Lipinski definition) is 4. The van der Waals surface area contributed by atoms with Crippen molar-refractivity contribution in [3.8, 4) is 5.75 Å². The molecule has 0 bridgehead atoms. The Kier molecular flexibility index (Phi) is 7.94. The summed E-state index contributed by atoms with van der Waals surface area (Å²) in [5, 5.41) is 9.53. The van der Waals surface area contributed by atoms with Gasteiger partial charge in [-0.05, 0) is 42.7 Å². The SMILES string of the molecule is CCNC(=NCc1ccc(N2CCNC(=O)C2)cc1)NCCc1ccccc1OC. The summed E-state index contributed by atoms with van der Waals surface area (Å²) in [6.07, 6.45) is 0.854. The molecule has 160 valence electrons. The molecular weight excluding hydrogens is 378 g/mol. The van der Waals surface area contributed by atoms with Gasteiger partial charge in [0.2, 0.25) is 5.91 Å². The Balaban J connectivity index is 1.54. The number of piperazine rings is 1. The first kappa shape index (κ1) is 21.5. The largest absolute Gasteiger partial charge is 0.496 e. The molecule has 2 aromatic carbocycles. The number of para-hydroxylation sites is 1. The molecule has 0 radical (unpaired) electrons. The zero-order valence-electron chi connectivity index (χ0n) is 17.8. The molecule has 1 fully saturated rings. The summed E-state index contributed by atoms with van der Waals surface area (Å²) in [6.45, 7) is 6.16. The van der Waals surface area contributed by atoms with Crippen molar-refractivity contribution in [3.05, 3.63) is 59.7 Å². The number of hydrogen-bond donors (Lipinski definition) is 3. The minimum absolute atomic E-state index is 0.0735. The molecule has 30 heavy (non-hydrogen) atoms. The molecule has 3 rings (SSSR count). The van der Waals surface area contributed by atoms with Crippen LogP contribution in [0.25, 0.3) is 0 Å². The van der Waals surface area contributed by atoms with E-state index in [1.165, 1.54) is 5.56 Å². The number of carbonyl (C=O) groups excluding carboxylic acids is 1. The van der Waals surface area contributed by atoms with Crippen molar-refractivity contribution in [1.82, 2.24) is 16.0 Å². The summed E-state index contributed by atoms with van der Waals surface area (Å²) in [5.41, 5.74) is 3.37. The molecule has 1 aliphatic rings.